The standard InChI is InChI=1S/C41H81N3O.CH4O4S/c1-4-6-8-10-12-14-16-18-20-22-24-26-28-30-32-34-40-42-36-37-44(40)39(3)38-43-41(45)35-33-31-29-27-25-23-21-19-17-15-13-11-9-7-5-2;1-5-6(2,3)4/h39H,4-38H2,1-3H3,(H,43,45);1H3,(H,2,3,4). The molecule has 51 heavy (non-hydrogen) atoms. The van der Waals surface area contributed by atoms with Crippen LogP contribution in [0.1, 0.15) is 226 Å². The van der Waals surface area contributed by atoms with E-state index in [0.29, 0.717) is 12.5 Å². The van der Waals surface area contributed by atoms with Crippen molar-refractivity contribution in [1.82, 2.24) is 10.6 Å². The van der Waals surface area contributed by atoms with Crippen molar-refractivity contribution in [2.24, 2.45) is 0 Å². The van der Waals surface area contributed by atoms with Gasteiger partial charge in [0, 0.05) is 12.8 Å². The first-order chi connectivity index (χ1) is 24.7. The topological polar surface area (TPSA) is 111 Å². The highest BCUT2D eigenvalue weighted by molar-refractivity contribution is 7.80. The number of amidine groups is 1. The largest absolute Gasteiger partial charge is 0.726 e. The van der Waals surface area contributed by atoms with E-state index in [2.05, 4.69) is 40.2 Å². The maximum atomic E-state index is 12.5. The second kappa shape index (κ2) is 37.1. The van der Waals surface area contributed by atoms with Gasteiger partial charge in [0.2, 0.25) is 22.1 Å². The van der Waals surface area contributed by atoms with E-state index in [1.165, 1.54) is 192 Å². The average molecular weight is 744 g/mol. The number of unbranched alkanes of at least 4 members (excludes halogenated alkanes) is 28. The Kier molecular flexibility index (Phi) is 36.3. The van der Waals surface area contributed by atoms with E-state index in [1.54, 1.807) is 0 Å². The Morgan fingerprint density at radius 1 is 0.667 bits per heavy atom. The highest BCUT2D eigenvalue weighted by Gasteiger charge is 2.24. The smallest absolute Gasteiger partial charge is 0.245 e. The molecule has 1 amide bonds. The van der Waals surface area contributed by atoms with Crippen LogP contribution >= 0.6 is 0 Å². The first-order valence-electron chi connectivity index (χ1n) is 21.9. The number of nitrogens with one attached hydrogen (secondary N) is 2. The summed E-state index contributed by atoms with van der Waals surface area (Å²) < 4.78 is 33.5. The normalized spacial score (nSPS) is 13.6. The van der Waals surface area contributed by atoms with Crippen LogP contribution in [0.25, 0.3) is 0 Å². The van der Waals surface area contributed by atoms with Crippen LogP contribution in [-0.4, -0.2) is 62.1 Å². The molecule has 1 unspecified atom stereocenters. The Labute approximate surface area is 317 Å². The molecule has 0 bridgehead atoms. The van der Waals surface area contributed by atoms with Gasteiger partial charge < -0.3 is 9.87 Å². The molecule has 0 fully saturated rings. The fourth-order valence-corrected chi connectivity index (χ4v) is 7.06. The fraction of sp³-hybridized carbons (Fsp3) is 0.952. The first-order valence-corrected chi connectivity index (χ1v) is 23.2. The zero-order chi connectivity index (χ0) is 37.7. The molecule has 0 saturated heterocycles. The third-order valence-electron chi connectivity index (χ3n) is 10.4. The predicted octanol–water partition coefficient (Wildman–Crippen LogP) is 11.1. The minimum atomic E-state index is -4.41. The number of hydrogen-bond donors (Lipinski definition) is 2. The Bertz CT molecular complexity index is 912. The lowest BCUT2D eigenvalue weighted by atomic mass is 10.0. The van der Waals surface area contributed by atoms with E-state index < -0.39 is 10.4 Å². The molecule has 1 rings (SSSR count). The molecule has 304 valence electrons. The highest BCUT2D eigenvalue weighted by Crippen LogP contribution is 2.15. The second-order valence-electron chi connectivity index (χ2n) is 15.2. The third kappa shape index (κ3) is 35.6. The second-order valence-corrected chi connectivity index (χ2v) is 16.3. The molecule has 0 radical (unpaired) electrons. The zero-order valence-electron chi connectivity index (χ0n) is 34.2. The number of amides is 1. The molecule has 1 aliphatic heterocycles. The average Bonchev–Trinajstić information content (AvgIpc) is 3.59. The SMILES string of the molecule is CCCCCCCCCCCCCCCCCC(=O)NCC(C)[N+]1=C(CCCCCCCCCCCCCCCCC)NCC1.COS(=O)(=O)[O-]. The van der Waals surface area contributed by atoms with E-state index in [1.807, 2.05) is 0 Å². The van der Waals surface area contributed by atoms with Gasteiger partial charge in [0.05, 0.1) is 13.7 Å². The monoisotopic (exact) mass is 744 g/mol. The Morgan fingerprint density at radius 2 is 1.00 bits per heavy atom. The fourth-order valence-electron chi connectivity index (χ4n) is 7.06. The van der Waals surface area contributed by atoms with Crippen LogP contribution in [0.15, 0.2) is 0 Å². The number of carbonyl (C=O) groups is 1. The molecule has 0 aromatic carbocycles. The van der Waals surface area contributed by atoms with Crippen molar-refractivity contribution in [3.05, 3.63) is 0 Å². The lowest BCUT2D eigenvalue weighted by molar-refractivity contribution is -0.552. The molecule has 2 N–H and O–H groups in total. The van der Waals surface area contributed by atoms with Crippen LogP contribution < -0.4 is 10.6 Å². The molecule has 0 saturated carbocycles. The molecule has 0 aromatic heterocycles. The van der Waals surface area contributed by atoms with Gasteiger partial charge in [-0.2, -0.15) is 0 Å². The van der Waals surface area contributed by atoms with Crippen LogP contribution in [0, 0.1) is 0 Å². The van der Waals surface area contributed by atoms with Gasteiger partial charge in [0.25, 0.3) is 0 Å². The number of hydrogen-bond acceptors (Lipinski definition) is 6. The van der Waals surface area contributed by atoms with Gasteiger partial charge in [-0.1, -0.05) is 194 Å². The van der Waals surface area contributed by atoms with Crippen LogP contribution in [0.5, 0.6) is 0 Å². The van der Waals surface area contributed by atoms with Crippen LogP contribution in [0.4, 0.5) is 0 Å². The van der Waals surface area contributed by atoms with Crippen molar-refractivity contribution in [1.29, 1.82) is 0 Å². The quantitative estimate of drug-likeness (QED) is 0.0286. The molecular weight excluding hydrogens is 659 g/mol. The molecule has 1 aliphatic rings. The van der Waals surface area contributed by atoms with Gasteiger partial charge in [0.1, 0.15) is 19.1 Å². The summed E-state index contributed by atoms with van der Waals surface area (Å²) in [5.74, 6) is 1.65. The summed E-state index contributed by atoms with van der Waals surface area (Å²) in [5.41, 5.74) is 0. The first kappa shape index (κ1) is 49.8. The molecular formula is C42H85N3O5S. The number of nitrogens with zero attached hydrogens (tertiary/aromatic N) is 1. The van der Waals surface area contributed by atoms with Crippen molar-refractivity contribution in [3.8, 4) is 0 Å². The predicted molar refractivity (Wildman–Crippen MR) is 216 cm³/mol. The maximum Gasteiger partial charge on any atom is 0.245 e. The van der Waals surface area contributed by atoms with Crippen molar-refractivity contribution < 1.29 is 26.5 Å². The van der Waals surface area contributed by atoms with Gasteiger partial charge >= 0.3 is 0 Å². The van der Waals surface area contributed by atoms with E-state index in [-0.39, 0.29) is 5.91 Å². The summed E-state index contributed by atoms with van der Waals surface area (Å²) in [5, 5.41) is 6.87. The van der Waals surface area contributed by atoms with Crippen LogP contribution in [0.2, 0.25) is 0 Å². The van der Waals surface area contributed by atoms with Gasteiger partial charge in [-0.05, 0) is 19.8 Å². The van der Waals surface area contributed by atoms with E-state index in [4.69, 9.17) is 0 Å². The molecule has 0 aromatic rings. The summed E-state index contributed by atoms with van der Waals surface area (Å²) in [7, 11) is -3.60. The molecule has 8 nitrogen and oxygen atoms in total. The van der Waals surface area contributed by atoms with Gasteiger partial charge in [-0.3, -0.25) is 18.9 Å². The lowest BCUT2D eigenvalue weighted by Gasteiger charge is -2.14. The number of carbonyl (C=O) groups excluding carboxylic acids is 1. The summed E-state index contributed by atoms with van der Waals surface area (Å²) >= 11 is 0. The molecule has 0 spiro atoms. The number of rotatable bonds is 36. The van der Waals surface area contributed by atoms with Crippen molar-refractivity contribution in [2.45, 2.75) is 232 Å². The van der Waals surface area contributed by atoms with Crippen molar-refractivity contribution >= 4 is 22.1 Å². The van der Waals surface area contributed by atoms with Crippen LogP contribution in [-0.2, 0) is 19.4 Å². The van der Waals surface area contributed by atoms with Gasteiger partial charge in [-0.25, -0.2) is 8.42 Å². The lowest BCUT2D eigenvalue weighted by Crippen LogP contribution is -2.39. The summed E-state index contributed by atoms with van der Waals surface area (Å²) in [6, 6.07) is 0.372. The Balaban J connectivity index is 0.00000381. The van der Waals surface area contributed by atoms with Crippen LogP contribution in [0.3, 0.4) is 0 Å². The molecule has 1 heterocycles. The van der Waals surface area contributed by atoms with E-state index in [0.717, 1.165) is 39.6 Å². The third-order valence-corrected chi connectivity index (χ3v) is 10.8. The summed E-state index contributed by atoms with van der Waals surface area (Å²) in [6.45, 7) is 9.75. The Hall–Kier alpha value is -1.19. The highest BCUT2D eigenvalue weighted by atomic mass is 32.3. The van der Waals surface area contributed by atoms with Crippen molar-refractivity contribution in [2.75, 3.05) is 26.7 Å². The molecule has 9 heteroatoms. The van der Waals surface area contributed by atoms with E-state index in [9.17, 15) is 17.8 Å². The van der Waals surface area contributed by atoms with Gasteiger partial charge in [-0.15, -0.1) is 0 Å². The van der Waals surface area contributed by atoms with Gasteiger partial charge in [0.15, 0.2) is 0 Å². The molecule has 1 atom stereocenters. The summed E-state index contributed by atoms with van der Waals surface area (Å²) in [6.07, 6.45) is 43.6. The minimum Gasteiger partial charge on any atom is -0.726 e. The minimum absolute atomic E-state index is 0.243. The van der Waals surface area contributed by atoms with Crippen molar-refractivity contribution in [3.63, 3.8) is 0 Å². The van der Waals surface area contributed by atoms with E-state index >= 15 is 0 Å². The summed E-state index contributed by atoms with van der Waals surface area (Å²) in [4.78, 5) is 12.5. The molecule has 0 aliphatic carbocycles. The maximum absolute atomic E-state index is 12.5. The Morgan fingerprint density at radius 3 is 1.35 bits per heavy atom. The zero-order valence-corrected chi connectivity index (χ0v) is 35.0.